The SMILES string of the molecule is O=c1oc(-c2ccco2)nn1Cc1cc(Cl)c2c(c1)OCO2. The van der Waals surface area contributed by atoms with Gasteiger partial charge in [0.25, 0.3) is 5.89 Å². The van der Waals surface area contributed by atoms with Crippen molar-refractivity contribution in [1.29, 1.82) is 0 Å². The number of furan rings is 1. The molecule has 0 amide bonds. The average Bonchev–Trinajstić information content (AvgIpc) is 3.20. The number of nitrogens with zero attached hydrogens (tertiary/aromatic N) is 2. The van der Waals surface area contributed by atoms with Crippen molar-refractivity contribution in [2.24, 2.45) is 0 Å². The largest absolute Gasteiger partial charge is 0.459 e. The van der Waals surface area contributed by atoms with Crippen LogP contribution in [-0.4, -0.2) is 16.6 Å². The van der Waals surface area contributed by atoms with E-state index in [1.165, 1.54) is 10.9 Å². The lowest BCUT2D eigenvalue weighted by molar-refractivity contribution is 0.174. The van der Waals surface area contributed by atoms with Gasteiger partial charge in [-0.3, -0.25) is 0 Å². The Kier molecular flexibility index (Phi) is 2.93. The summed E-state index contributed by atoms with van der Waals surface area (Å²) in [5, 5.41) is 4.52. The Balaban J connectivity index is 1.67. The number of fused-ring (bicyclic) bond motifs is 1. The highest BCUT2D eigenvalue weighted by Crippen LogP contribution is 2.39. The minimum Gasteiger partial charge on any atom is -0.459 e. The number of rotatable bonds is 3. The van der Waals surface area contributed by atoms with Crippen molar-refractivity contribution < 1.29 is 18.3 Å². The molecule has 8 heteroatoms. The van der Waals surface area contributed by atoms with Crippen molar-refractivity contribution in [3.8, 4) is 23.1 Å². The molecule has 4 rings (SSSR count). The first-order chi connectivity index (χ1) is 10.7. The second-order valence-corrected chi connectivity index (χ2v) is 5.03. The summed E-state index contributed by atoms with van der Waals surface area (Å²) in [6, 6.07) is 6.80. The maximum absolute atomic E-state index is 11.9. The van der Waals surface area contributed by atoms with E-state index in [1.54, 1.807) is 24.3 Å². The van der Waals surface area contributed by atoms with Crippen LogP contribution in [0.15, 0.2) is 44.2 Å². The standard InChI is InChI=1S/C14H9ClN2O5/c15-9-4-8(5-11-12(9)21-7-20-11)6-17-14(18)22-13(16-17)10-2-1-3-19-10/h1-5H,6-7H2. The zero-order valence-electron chi connectivity index (χ0n) is 11.1. The van der Waals surface area contributed by atoms with Gasteiger partial charge >= 0.3 is 5.76 Å². The van der Waals surface area contributed by atoms with Crippen molar-refractivity contribution in [2.45, 2.75) is 6.54 Å². The zero-order valence-corrected chi connectivity index (χ0v) is 11.9. The number of benzene rings is 1. The summed E-state index contributed by atoms with van der Waals surface area (Å²) in [6.45, 7) is 0.324. The molecule has 112 valence electrons. The zero-order chi connectivity index (χ0) is 15.1. The second kappa shape index (κ2) is 4.96. The first-order valence-electron chi connectivity index (χ1n) is 6.40. The maximum Gasteiger partial charge on any atom is 0.437 e. The predicted molar refractivity (Wildman–Crippen MR) is 75.1 cm³/mol. The first-order valence-corrected chi connectivity index (χ1v) is 6.78. The fourth-order valence-electron chi connectivity index (χ4n) is 2.19. The summed E-state index contributed by atoms with van der Waals surface area (Å²) in [4.78, 5) is 11.9. The molecule has 0 bridgehead atoms. The summed E-state index contributed by atoms with van der Waals surface area (Å²) in [5.41, 5.74) is 0.746. The predicted octanol–water partition coefficient (Wildman–Crippen LogP) is 2.53. The molecule has 0 fully saturated rings. The molecule has 7 nitrogen and oxygen atoms in total. The van der Waals surface area contributed by atoms with Gasteiger partial charge in [0.1, 0.15) is 0 Å². The molecule has 0 saturated carbocycles. The Morgan fingerprint density at radius 3 is 3.05 bits per heavy atom. The van der Waals surface area contributed by atoms with Crippen LogP contribution in [0.2, 0.25) is 5.02 Å². The van der Waals surface area contributed by atoms with E-state index in [9.17, 15) is 4.79 Å². The highest BCUT2D eigenvalue weighted by molar-refractivity contribution is 6.32. The summed E-state index contributed by atoms with van der Waals surface area (Å²) in [6.07, 6.45) is 1.48. The molecule has 0 saturated heterocycles. The fraction of sp³-hybridized carbons (Fsp3) is 0.143. The van der Waals surface area contributed by atoms with E-state index in [4.69, 9.17) is 29.9 Å². The van der Waals surface area contributed by atoms with E-state index in [1.807, 2.05) is 0 Å². The van der Waals surface area contributed by atoms with Crippen LogP contribution in [-0.2, 0) is 6.54 Å². The minimum atomic E-state index is -0.583. The minimum absolute atomic E-state index is 0.127. The van der Waals surface area contributed by atoms with E-state index >= 15 is 0 Å². The Morgan fingerprint density at radius 2 is 2.23 bits per heavy atom. The smallest absolute Gasteiger partial charge is 0.437 e. The molecule has 3 aromatic rings. The molecule has 1 aliphatic rings. The van der Waals surface area contributed by atoms with Crippen molar-refractivity contribution in [3.63, 3.8) is 0 Å². The Morgan fingerprint density at radius 1 is 1.32 bits per heavy atom. The lowest BCUT2D eigenvalue weighted by atomic mass is 10.2. The van der Waals surface area contributed by atoms with E-state index in [0.717, 1.165) is 5.56 Å². The summed E-state index contributed by atoms with van der Waals surface area (Å²) >= 11 is 6.12. The molecule has 3 heterocycles. The van der Waals surface area contributed by atoms with Gasteiger partial charge in [0, 0.05) is 0 Å². The van der Waals surface area contributed by atoms with Gasteiger partial charge in [0.05, 0.1) is 17.8 Å². The maximum atomic E-state index is 11.9. The number of halogens is 1. The molecule has 0 aliphatic carbocycles. The van der Waals surface area contributed by atoms with Gasteiger partial charge in [-0.25, -0.2) is 4.79 Å². The van der Waals surface area contributed by atoms with Gasteiger partial charge < -0.3 is 18.3 Å². The quantitative estimate of drug-likeness (QED) is 0.737. The van der Waals surface area contributed by atoms with Crippen molar-refractivity contribution in [3.05, 3.63) is 51.7 Å². The van der Waals surface area contributed by atoms with Crippen LogP contribution in [0.3, 0.4) is 0 Å². The third-order valence-electron chi connectivity index (χ3n) is 3.16. The third kappa shape index (κ3) is 2.15. The van der Waals surface area contributed by atoms with Crippen LogP contribution in [0, 0.1) is 0 Å². The Bertz CT molecular complexity index is 881. The van der Waals surface area contributed by atoms with Crippen LogP contribution in [0.4, 0.5) is 0 Å². The van der Waals surface area contributed by atoms with Crippen LogP contribution in [0.1, 0.15) is 5.56 Å². The van der Waals surface area contributed by atoms with Gasteiger partial charge in [-0.15, -0.1) is 5.10 Å². The van der Waals surface area contributed by atoms with Gasteiger partial charge in [-0.1, -0.05) is 11.6 Å². The molecule has 1 aliphatic heterocycles. The van der Waals surface area contributed by atoms with Crippen molar-refractivity contribution in [1.82, 2.24) is 9.78 Å². The average molecular weight is 321 g/mol. The molecule has 1 aromatic carbocycles. The van der Waals surface area contributed by atoms with Gasteiger partial charge in [-0.05, 0) is 29.8 Å². The normalized spacial score (nSPS) is 12.8. The third-order valence-corrected chi connectivity index (χ3v) is 3.44. The van der Waals surface area contributed by atoms with E-state index in [-0.39, 0.29) is 19.2 Å². The molecular formula is C14H9ClN2O5. The van der Waals surface area contributed by atoms with Crippen LogP contribution >= 0.6 is 11.6 Å². The molecule has 0 spiro atoms. The van der Waals surface area contributed by atoms with Gasteiger partial charge in [-0.2, -0.15) is 4.68 Å². The number of ether oxygens (including phenoxy) is 2. The molecule has 2 aromatic heterocycles. The topological polar surface area (TPSA) is 79.6 Å². The highest BCUT2D eigenvalue weighted by atomic mass is 35.5. The van der Waals surface area contributed by atoms with Gasteiger partial charge in [0.2, 0.25) is 6.79 Å². The molecule has 0 N–H and O–H groups in total. The molecule has 0 radical (unpaired) electrons. The molecule has 22 heavy (non-hydrogen) atoms. The molecule has 0 unspecified atom stereocenters. The second-order valence-electron chi connectivity index (χ2n) is 4.62. The number of aromatic nitrogens is 2. The fourth-order valence-corrected chi connectivity index (χ4v) is 2.48. The summed E-state index contributed by atoms with van der Waals surface area (Å²) in [5.74, 6) is 0.987. The molecule has 0 atom stereocenters. The number of hydrogen-bond acceptors (Lipinski definition) is 6. The summed E-state index contributed by atoms with van der Waals surface area (Å²) in [7, 11) is 0. The highest BCUT2D eigenvalue weighted by Gasteiger charge is 2.19. The van der Waals surface area contributed by atoms with Crippen LogP contribution in [0.5, 0.6) is 11.5 Å². The molecular weight excluding hydrogens is 312 g/mol. The number of hydrogen-bond donors (Lipinski definition) is 0. The Hall–Kier alpha value is -2.67. The van der Waals surface area contributed by atoms with Crippen molar-refractivity contribution >= 4 is 11.6 Å². The summed E-state index contributed by atoms with van der Waals surface area (Å²) < 4.78 is 21.9. The van der Waals surface area contributed by atoms with E-state index in [2.05, 4.69) is 5.10 Å². The van der Waals surface area contributed by atoms with Crippen LogP contribution in [0.25, 0.3) is 11.7 Å². The van der Waals surface area contributed by atoms with E-state index < -0.39 is 5.76 Å². The lowest BCUT2D eigenvalue weighted by Gasteiger charge is -2.04. The lowest BCUT2D eigenvalue weighted by Crippen LogP contribution is -2.16. The van der Waals surface area contributed by atoms with Crippen LogP contribution < -0.4 is 15.2 Å². The van der Waals surface area contributed by atoms with Crippen molar-refractivity contribution in [2.75, 3.05) is 6.79 Å². The first kappa shape index (κ1) is 13.0. The van der Waals surface area contributed by atoms with E-state index in [0.29, 0.717) is 22.3 Å². The monoisotopic (exact) mass is 320 g/mol. The Labute approximate surface area is 128 Å². The van der Waals surface area contributed by atoms with Gasteiger partial charge in [0.15, 0.2) is 17.3 Å².